The molecule has 2 fully saturated rings. The molecule has 0 aromatic heterocycles. The van der Waals surface area contributed by atoms with Gasteiger partial charge in [-0.3, -0.25) is 10.2 Å². The lowest BCUT2D eigenvalue weighted by molar-refractivity contribution is -0.117. The molecule has 2 aliphatic rings. The summed E-state index contributed by atoms with van der Waals surface area (Å²) in [5.41, 5.74) is 8.34. The van der Waals surface area contributed by atoms with Crippen LogP contribution >= 0.6 is 0 Å². The minimum atomic E-state index is -0.116. The van der Waals surface area contributed by atoms with Gasteiger partial charge in [-0.2, -0.15) is 0 Å². The van der Waals surface area contributed by atoms with Gasteiger partial charge < -0.3 is 5.32 Å². The highest BCUT2D eigenvalue weighted by atomic mass is 16.2. The van der Waals surface area contributed by atoms with Crippen LogP contribution in [0.4, 0.5) is 5.69 Å². The van der Waals surface area contributed by atoms with Crippen LogP contribution < -0.4 is 16.2 Å². The van der Waals surface area contributed by atoms with Gasteiger partial charge in [0.2, 0.25) is 5.91 Å². The number of hydrogen-bond donors (Lipinski definition) is 3. The number of benzene rings is 1. The van der Waals surface area contributed by atoms with Crippen LogP contribution in [0.2, 0.25) is 0 Å². The summed E-state index contributed by atoms with van der Waals surface area (Å²) in [6.45, 7) is 2.00. The molecule has 96 valence electrons. The van der Waals surface area contributed by atoms with Gasteiger partial charge in [0.05, 0.1) is 0 Å². The molecule has 18 heavy (non-hydrogen) atoms. The van der Waals surface area contributed by atoms with Crippen molar-refractivity contribution in [3.05, 3.63) is 29.8 Å². The van der Waals surface area contributed by atoms with Gasteiger partial charge in [0, 0.05) is 11.7 Å². The monoisotopic (exact) mass is 245 g/mol. The first kappa shape index (κ1) is 11.7. The van der Waals surface area contributed by atoms with Crippen LogP contribution in [0.5, 0.6) is 0 Å². The third-order valence-electron chi connectivity index (χ3n) is 3.84. The van der Waals surface area contributed by atoms with E-state index in [0.29, 0.717) is 6.04 Å². The molecule has 1 aromatic carbocycles. The average molecular weight is 245 g/mol. The first-order valence-electron chi connectivity index (χ1n) is 6.61. The Morgan fingerprint density at radius 3 is 2.78 bits per heavy atom. The maximum absolute atomic E-state index is 12.1. The maximum Gasteiger partial charge on any atom is 0.242 e. The molecule has 3 N–H and O–H groups in total. The summed E-state index contributed by atoms with van der Waals surface area (Å²) in [7, 11) is 0. The standard InChI is InChI=1S/C14H19N3O/c1-9-4-2-3-5-11(9)15-14(18)13-8-12(16-17-13)10-6-7-10/h2-5,10,12-13,16-17H,6-8H2,1H3,(H,15,18). The highest BCUT2D eigenvalue weighted by molar-refractivity contribution is 5.95. The van der Waals surface area contributed by atoms with Crippen LogP contribution in [-0.4, -0.2) is 18.0 Å². The van der Waals surface area contributed by atoms with Crippen LogP contribution in [0.25, 0.3) is 0 Å². The van der Waals surface area contributed by atoms with Crippen LogP contribution in [0.15, 0.2) is 24.3 Å². The van der Waals surface area contributed by atoms with Crippen LogP contribution in [0, 0.1) is 12.8 Å². The molecular weight excluding hydrogens is 226 g/mol. The summed E-state index contributed by atoms with van der Waals surface area (Å²) in [6.07, 6.45) is 3.49. The molecule has 1 heterocycles. The number of para-hydroxylation sites is 1. The fourth-order valence-electron chi connectivity index (χ4n) is 2.49. The number of amides is 1. The van der Waals surface area contributed by atoms with Crippen molar-refractivity contribution in [2.75, 3.05) is 5.32 Å². The van der Waals surface area contributed by atoms with Crippen LogP contribution in [-0.2, 0) is 4.79 Å². The number of aryl methyl sites for hydroxylation is 1. The zero-order chi connectivity index (χ0) is 12.5. The van der Waals surface area contributed by atoms with Crippen molar-refractivity contribution in [1.82, 2.24) is 10.9 Å². The van der Waals surface area contributed by atoms with E-state index in [1.807, 2.05) is 31.2 Å². The Morgan fingerprint density at radius 2 is 2.06 bits per heavy atom. The van der Waals surface area contributed by atoms with Crippen molar-refractivity contribution in [2.45, 2.75) is 38.3 Å². The number of hydrogen-bond acceptors (Lipinski definition) is 3. The van der Waals surface area contributed by atoms with E-state index in [1.165, 1.54) is 12.8 Å². The third kappa shape index (κ3) is 2.40. The largest absolute Gasteiger partial charge is 0.324 e. The minimum Gasteiger partial charge on any atom is -0.324 e. The fourth-order valence-corrected chi connectivity index (χ4v) is 2.49. The highest BCUT2D eigenvalue weighted by Crippen LogP contribution is 2.35. The van der Waals surface area contributed by atoms with E-state index in [4.69, 9.17) is 0 Å². The van der Waals surface area contributed by atoms with Gasteiger partial charge in [0.15, 0.2) is 0 Å². The Labute approximate surface area is 107 Å². The average Bonchev–Trinajstić information content (AvgIpc) is 3.10. The molecule has 4 nitrogen and oxygen atoms in total. The lowest BCUT2D eigenvalue weighted by atomic mass is 10.1. The number of rotatable bonds is 3. The molecular formula is C14H19N3O. The number of nitrogens with one attached hydrogen (secondary N) is 3. The lowest BCUT2D eigenvalue weighted by Crippen LogP contribution is -2.40. The summed E-state index contributed by atoms with van der Waals surface area (Å²) in [6, 6.07) is 8.21. The molecule has 0 radical (unpaired) electrons. The van der Waals surface area contributed by atoms with Gasteiger partial charge in [-0.15, -0.1) is 0 Å². The zero-order valence-corrected chi connectivity index (χ0v) is 10.6. The van der Waals surface area contributed by atoms with Crippen molar-refractivity contribution in [3.8, 4) is 0 Å². The molecule has 3 rings (SSSR count). The van der Waals surface area contributed by atoms with E-state index in [9.17, 15) is 4.79 Å². The summed E-state index contributed by atoms with van der Waals surface area (Å²) in [5, 5.41) is 2.99. The fraction of sp³-hybridized carbons (Fsp3) is 0.500. The van der Waals surface area contributed by atoms with E-state index in [-0.39, 0.29) is 11.9 Å². The smallest absolute Gasteiger partial charge is 0.242 e. The second-order valence-electron chi connectivity index (χ2n) is 5.33. The van der Waals surface area contributed by atoms with Gasteiger partial charge in [0.25, 0.3) is 0 Å². The topological polar surface area (TPSA) is 53.2 Å². The second-order valence-corrected chi connectivity index (χ2v) is 5.33. The second kappa shape index (κ2) is 4.71. The Kier molecular flexibility index (Phi) is 3.06. The highest BCUT2D eigenvalue weighted by Gasteiger charge is 2.38. The summed E-state index contributed by atoms with van der Waals surface area (Å²) in [4.78, 5) is 12.1. The quantitative estimate of drug-likeness (QED) is 0.758. The Morgan fingerprint density at radius 1 is 1.28 bits per heavy atom. The van der Waals surface area contributed by atoms with E-state index in [1.54, 1.807) is 0 Å². The third-order valence-corrected chi connectivity index (χ3v) is 3.84. The van der Waals surface area contributed by atoms with E-state index in [2.05, 4.69) is 16.2 Å². The summed E-state index contributed by atoms with van der Waals surface area (Å²) in [5.74, 6) is 0.828. The van der Waals surface area contributed by atoms with E-state index in [0.717, 1.165) is 23.6 Å². The first-order valence-corrected chi connectivity index (χ1v) is 6.61. The molecule has 1 amide bonds. The van der Waals surface area contributed by atoms with E-state index < -0.39 is 0 Å². The summed E-state index contributed by atoms with van der Waals surface area (Å²) >= 11 is 0. The van der Waals surface area contributed by atoms with Crippen molar-refractivity contribution in [3.63, 3.8) is 0 Å². The van der Waals surface area contributed by atoms with Gasteiger partial charge in [0.1, 0.15) is 6.04 Å². The maximum atomic E-state index is 12.1. The van der Waals surface area contributed by atoms with E-state index >= 15 is 0 Å². The molecule has 2 atom stereocenters. The molecule has 0 spiro atoms. The summed E-state index contributed by atoms with van der Waals surface area (Å²) < 4.78 is 0. The molecule has 0 bridgehead atoms. The Balaban J connectivity index is 1.60. The minimum absolute atomic E-state index is 0.0555. The first-order chi connectivity index (χ1) is 8.74. The molecule has 1 aliphatic heterocycles. The predicted molar refractivity (Wildman–Crippen MR) is 71.0 cm³/mol. The number of hydrazine groups is 1. The normalized spacial score (nSPS) is 27.2. The Hall–Kier alpha value is -1.39. The van der Waals surface area contributed by atoms with Crippen molar-refractivity contribution >= 4 is 11.6 Å². The predicted octanol–water partition coefficient (Wildman–Crippen LogP) is 1.58. The van der Waals surface area contributed by atoms with Crippen LogP contribution in [0.3, 0.4) is 0 Å². The number of carbonyl (C=O) groups excluding carboxylic acids is 1. The molecule has 1 aliphatic carbocycles. The molecule has 1 saturated heterocycles. The molecule has 4 heteroatoms. The van der Waals surface area contributed by atoms with Crippen LogP contribution in [0.1, 0.15) is 24.8 Å². The number of carbonyl (C=O) groups is 1. The lowest BCUT2D eigenvalue weighted by Gasteiger charge is -2.12. The Bertz CT molecular complexity index is 456. The SMILES string of the molecule is Cc1ccccc1NC(=O)C1CC(C2CC2)NN1. The number of anilines is 1. The van der Waals surface area contributed by atoms with Crippen molar-refractivity contribution in [1.29, 1.82) is 0 Å². The zero-order valence-electron chi connectivity index (χ0n) is 10.6. The van der Waals surface area contributed by atoms with Gasteiger partial charge in [-0.05, 0) is 43.7 Å². The van der Waals surface area contributed by atoms with Crippen molar-refractivity contribution in [2.24, 2.45) is 5.92 Å². The van der Waals surface area contributed by atoms with Gasteiger partial charge in [-0.1, -0.05) is 18.2 Å². The molecule has 2 unspecified atom stereocenters. The van der Waals surface area contributed by atoms with Crippen molar-refractivity contribution < 1.29 is 4.79 Å². The molecule has 1 aromatic rings. The van der Waals surface area contributed by atoms with Gasteiger partial charge >= 0.3 is 0 Å². The van der Waals surface area contributed by atoms with Gasteiger partial charge in [-0.25, -0.2) is 5.43 Å². The molecule has 1 saturated carbocycles.